The summed E-state index contributed by atoms with van der Waals surface area (Å²) in [6.07, 6.45) is 2.62. The van der Waals surface area contributed by atoms with E-state index in [-0.39, 0.29) is 0 Å². The number of rotatable bonds is 3. The molecule has 1 aromatic rings. The normalized spacial score (nSPS) is 21.0. The monoisotopic (exact) mass is 310 g/mol. The summed E-state index contributed by atoms with van der Waals surface area (Å²) < 4.78 is 0. The third-order valence-corrected chi connectivity index (χ3v) is 4.59. The van der Waals surface area contributed by atoms with Crippen molar-refractivity contribution in [2.75, 3.05) is 32.1 Å². The maximum absolute atomic E-state index is 3.52. The van der Waals surface area contributed by atoms with E-state index in [1.165, 1.54) is 42.7 Å². The van der Waals surface area contributed by atoms with Crippen LogP contribution in [-0.4, -0.2) is 38.1 Å². The lowest BCUT2D eigenvalue weighted by Gasteiger charge is -2.37. The number of likely N-dealkylation sites (N-methyl/N-ethyl adjacent to an activating group) is 2. The molecule has 0 saturated carbocycles. The Morgan fingerprint density at radius 1 is 1.44 bits per heavy atom. The van der Waals surface area contributed by atoms with Crippen LogP contribution in [0, 0.1) is 6.92 Å². The topological polar surface area (TPSA) is 6.48 Å². The van der Waals surface area contributed by atoms with Gasteiger partial charge in [0, 0.05) is 30.7 Å². The number of alkyl halides is 1. The van der Waals surface area contributed by atoms with Crippen LogP contribution < -0.4 is 4.90 Å². The van der Waals surface area contributed by atoms with Crippen LogP contribution in [0.5, 0.6) is 0 Å². The van der Waals surface area contributed by atoms with Gasteiger partial charge < -0.3 is 9.80 Å². The van der Waals surface area contributed by atoms with Crippen molar-refractivity contribution < 1.29 is 0 Å². The highest BCUT2D eigenvalue weighted by atomic mass is 79.9. The first-order valence-corrected chi connectivity index (χ1v) is 7.81. The van der Waals surface area contributed by atoms with Gasteiger partial charge >= 0.3 is 0 Å². The number of anilines is 1. The van der Waals surface area contributed by atoms with E-state index < -0.39 is 0 Å². The largest absolute Gasteiger partial charge is 0.370 e. The second-order valence-corrected chi connectivity index (χ2v) is 5.98. The smallest absolute Gasteiger partial charge is 0.0414 e. The fourth-order valence-corrected chi connectivity index (χ4v) is 3.20. The molecule has 0 aromatic heterocycles. The Balaban J connectivity index is 2.15. The zero-order valence-electron chi connectivity index (χ0n) is 11.6. The van der Waals surface area contributed by atoms with Gasteiger partial charge in [0.25, 0.3) is 0 Å². The first-order chi connectivity index (χ1) is 8.61. The first-order valence-electron chi connectivity index (χ1n) is 6.68. The summed E-state index contributed by atoms with van der Waals surface area (Å²) in [7, 11) is 4.46. The molecule has 3 heteroatoms. The number of hydrogen-bond acceptors (Lipinski definition) is 2. The summed E-state index contributed by atoms with van der Waals surface area (Å²) in [5, 5.41) is 0.935. The van der Waals surface area contributed by atoms with Gasteiger partial charge in [-0.1, -0.05) is 28.1 Å². The molecule has 1 fully saturated rings. The van der Waals surface area contributed by atoms with E-state index in [4.69, 9.17) is 0 Å². The minimum absolute atomic E-state index is 0.650. The van der Waals surface area contributed by atoms with Gasteiger partial charge in [0.1, 0.15) is 0 Å². The molecule has 1 unspecified atom stereocenters. The lowest BCUT2D eigenvalue weighted by Crippen LogP contribution is -2.45. The van der Waals surface area contributed by atoms with Crippen LogP contribution in [0.15, 0.2) is 18.2 Å². The number of nitrogens with zero attached hydrogens (tertiary/aromatic N) is 2. The maximum Gasteiger partial charge on any atom is 0.0414 e. The molecule has 2 nitrogen and oxygen atoms in total. The Morgan fingerprint density at radius 3 is 2.83 bits per heavy atom. The summed E-state index contributed by atoms with van der Waals surface area (Å²) in [5.41, 5.74) is 4.10. The maximum atomic E-state index is 3.52. The molecule has 1 aromatic carbocycles. The Kier molecular flexibility index (Phi) is 4.68. The molecule has 0 radical (unpaired) electrons. The molecular weight excluding hydrogens is 288 g/mol. The molecule has 2 rings (SSSR count). The van der Waals surface area contributed by atoms with Gasteiger partial charge in [-0.3, -0.25) is 0 Å². The minimum atomic E-state index is 0.650. The van der Waals surface area contributed by atoms with Crippen LogP contribution >= 0.6 is 15.9 Å². The molecule has 0 spiro atoms. The standard InChI is InChI=1S/C15H23BrN2/c1-12-9-13(10-16)6-7-15(12)18(3)14-5-4-8-17(2)11-14/h6-7,9,14H,4-5,8,10-11H2,1-3H3. The molecule has 1 aliphatic rings. The number of piperidine rings is 1. The SMILES string of the molecule is Cc1cc(CBr)ccc1N(C)C1CCCN(C)C1. The van der Waals surface area contributed by atoms with Crippen LogP contribution in [0.1, 0.15) is 24.0 Å². The van der Waals surface area contributed by atoms with Crippen molar-refractivity contribution in [3.63, 3.8) is 0 Å². The van der Waals surface area contributed by atoms with Crippen molar-refractivity contribution in [3.05, 3.63) is 29.3 Å². The second kappa shape index (κ2) is 6.07. The predicted octanol–water partition coefficient (Wildman–Crippen LogP) is 3.42. The molecule has 1 aliphatic heterocycles. The van der Waals surface area contributed by atoms with Gasteiger partial charge in [-0.2, -0.15) is 0 Å². The number of benzene rings is 1. The third kappa shape index (κ3) is 3.07. The third-order valence-electron chi connectivity index (χ3n) is 3.94. The number of halogens is 1. The van der Waals surface area contributed by atoms with Gasteiger partial charge in [-0.05, 0) is 50.6 Å². The van der Waals surface area contributed by atoms with E-state index in [0.29, 0.717) is 6.04 Å². The Morgan fingerprint density at radius 2 is 2.22 bits per heavy atom. The fraction of sp³-hybridized carbons (Fsp3) is 0.600. The quantitative estimate of drug-likeness (QED) is 0.789. The number of likely N-dealkylation sites (tertiary alicyclic amines) is 1. The van der Waals surface area contributed by atoms with Crippen LogP contribution in [-0.2, 0) is 5.33 Å². The van der Waals surface area contributed by atoms with Crippen molar-refractivity contribution in [2.45, 2.75) is 31.1 Å². The van der Waals surface area contributed by atoms with Crippen molar-refractivity contribution in [1.82, 2.24) is 4.90 Å². The Labute approximate surface area is 119 Å². The molecule has 1 atom stereocenters. The molecule has 0 bridgehead atoms. The van der Waals surface area contributed by atoms with Gasteiger partial charge in [0.2, 0.25) is 0 Å². The predicted molar refractivity (Wildman–Crippen MR) is 82.7 cm³/mol. The molecule has 1 heterocycles. The molecule has 0 N–H and O–H groups in total. The van der Waals surface area contributed by atoms with E-state index in [1.807, 2.05) is 0 Å². The van der Waals surface area contributed by atoms with E-state index in [2.05, 4.69) is 64.9 Å². The van der Waals surface area contributed by atoms with Crippen LogP contribution in [0.2, 0.25) is 0 Å². The van der Waals surface area contributed by atoms with E-state index >= 15 is 0 Å². The average Bonchev–Trinajstić information content (AvgIpc) is 2.37. The summed E-state index contributed by atoms with van der Waals surface area (Å²) in [4.78, 5) is 4.90. The highest BCUT2D eigenvalue weighted by Gasteiger charge is 2.22. The summed E-state index contributed by atoms with van der Waals surface area (Å²) in [6.45, 7) is 4.63. The van der Waals surface area contributed by atoms with Crippen LogP contribution in [0.25, 0.3) is 0 Å². The van der Waals surface area contributed by atoms with Crippen LogP contribution in [0.3, 0.4) is 0 Å². The summed E-state index contributed by atoms with van der Waals surface area (Å²) >= 11 is 3.52. The lowest BCUT2D eigenvalue weighted by molar-refractivity contribution is 0.248. The fourth-order valence-electron chi connectivity index (χ4n) is 2.85. The van der Waals surface area contributed by atoms with Crippen molar-refractivity contribution in [3.8, 4) is 0 Å². The number of aryl methyl sites for hydroxylation is 1. The van der Waals surface area contributed by atoms with Gasteiger partial charge in [-0.25, -0.2) is 0 Å². The molecule has 0 aliphatic carbocycles. The minimum Gasteiger partial charge on any atom is -0.370 e. The first kappa shape index (κ1) is 13.9. The zero-order valence-corrected chi connectivity index (χ0v) is 13.2. The summed E-state index contributed by atoms with van der Waals surface area (Å²) in [5.74, 6) is 0. The lowest BCUT2D eigenvalue weighted by atomic mass is 10.0. The average molecular weight is 311 g/mol. The van der Waals surface area contributed by atoms with Crippen molar-refractivity contribution in [2.24, 2.45) is 0 Å². The van der Waals surface area contributed by atoms with Gasteiger partial charge in [0.05, 0.1) is 0 Å². The van der Waals surface area contributed by atoms with E-state index in [0.717, 1.165) is 5.33 Å². The molecule has 100 valence electrons. The Hall–Kier alpha value is -0.540. The number of hydrogen-bond donors (Lipinski definition) is 0. The van der Waals surface area contributed by atoms with E-state index in [1.54, 1.807) is 0 Å². The molecule has 18 heavy (non-hydrogen) atoms. The highest BCUT2D eigenvalue weighted by molar-refractivity contribution is 9.08. The van der Waals surface area contributed by atoms with Crippen molar-refractivity contribution >= 4 is 21.6 Å². The Bertz CT molecular complexity index is 405. The molecule has 0 amide bonds. The van der Waals surface area contributed by atoms with Crippen molar-refractivity contribution in [1.29, 1.82) is 0 Å². The highest BCUT2D eigenvalue weighted by Crippen LogP contribution is 2.25. The van der Waals surface area contributed by atoms with Crippen LogP contribution in [0.4, 0.5) is 5.69 Å². The van der Waals surface area contributed by atoms with Gasteiger partial charge in [-0.15, -0.1) is 0 Å². The molecular formula is C15H23BrN2. The zero-order chi connectivity index (χ0) is 13.1. The van der Waals surface area contributed by atoms with E-state index in [9.17, 15) is 0 Å². The molecule has 1 saturated heterocycles. The van der Waals surface area contributed by atoms with Gasteiger partial charge in [0.15, 0.2) is 0 Å². The summed E-state index contributed by atoms with van der Waals surface area (Å²) in [6, 6.07) is 7.42. The second-order valence-electron chi connectivity index (χ2n) is 5.42.